The van der Waals surface area contributed by atoms with E-state index in [4.69, 9.17) is 0 Å². The van der Waals surface area contributed by atoms with E-state index in [9.17, 15) is 9.59 Å². The van der Waals surface area contributed by atoms with Gasteiger partial charge in [0.1, 0.15) is 0 Å². The summed E-state index contributed by atoms with van der Waals surface area (Å²) in [5, 5.41) is 5.18. The zero-order valence-electron chi connectivity index (χ0n) is 10.9. The third kappa shape index (κ3) is 5.09. The molecule has 0 aliphatic carbocycles. The number of amides is 2. The predicted octanol–water partition coefficient (Wildman–Crippen LogP) is 0.837. The minimum absolute atomic E-state index is 0.550. The summed E-state index contributed by atoms with van der Waals surface area (Å²) in [6, 6.07) is 8.96. The Bertz CT molecular complexity index is 430. The SMILES string of the molecule is O=C(NCCCCN1CC1)C(=O)Nc1ccccc1. The summed E-state index contributed by atoms with van der Waals surface area (Å²) in [5.74, 6) is -1.19. The maximum atomic E-state index is 11.6. The van der Waals surface area contributed by atoms with E-state index in [-0.39, 0.29) is 0 Å². The fourth-order valence-electron chi connectivity index (χ4n) is 1.75. The van der Waals surface area contributed by atoms with Gasteiger partial charge in [-0.25, -0.2) is 0 Å². The Labute approximate surface area is 113 Å². The van der Waals surface area contributed by atoms with Crippen LogP contribution < -0.4 is 10.6 Å². The molecule has 1 fully saturated rings. The molecule has 2 amide bonds. The van der Waals surface area contributed by atoms with Crippen molar-refractivity contribution in [1.82, 2.24) is 10.2 Å². The summed E-state index contributed by atoms with van der Waals surface area (Å²) < 4.78 is 0. The number of benzene rings is 1. The molecule has 1 aliphatic heterocycles. The van der Waals surface area contributed by atoms with E-state index in [1.165, 1.54) is 13.1 Å². The molecular formula is C14H19N3O2. The van der Waals surface area contributed by atoms with E-state index in [2.05, 4.69) is 15.5 Å². The lowest BCUT2D eigenvalue weighted by molar-refractivity contribution is -0.136. The van der Waals surface area contributed by atoms with Crippen molar-refractivity contribution >= 4 is 17.5 Å². The molecule has 0 unspecified atom stereocenters. The summed E-state index contributed by atoms with van der Waals surface area (Å²) in [6.07, 6.45) is 1.96. The van der Waals surface area contributed by atoms with Crippen LogP contribution in [0.15, 0.2) is 30.3 Å². The molecule has 1 aliphatic rings. The Morgan fingerprint density at radius 1 is 1.05 bits per heavy atom. The number of rotatable bonds is 6. The maximum Gasteiger partial charge on any atom is 0.313 e. The standard InChI is InChI=1S/C14H19N3O2/c18-13(15-8-4-5-9-17-10-11-17)14(19)16-12-6-2-1-3-7-12/h1-3,6-7H,4-5,8-11H2,(H,15,18)(H,16,19). The Hall–Kier alpha value is -1.88. The molecular weight excluding hydrogens is 242 g/mol. The molecule has 0 spiro atoms. The Balaban J connectivity index is 1.60. The van der Waals surface area contributed by atoms with Crippen LogP contribution in [0, 0.1) is 0 Å². The van der Waals surface area contributed by atoms with Crippen LogP contribution in [0.4, 0.5) is 5.69 Å². The number of carbonyl (C=O) groups excluding carboxylic acids is 2. The molecule has 5 nitrogen and oxygen atoms in total. The molecule has 1 saturated heterocycles. The van der Waals surface area contributed by atoms with Gasteiger partial charge in [0.15, 0.2) is 0 Å². The van der Waals surface area contributed by atoms with Crippen molar-refractivity contribution in [3.05, 3.63) is 30.3 Å². The predicted molar refractivity (Wildman–Crippen MR) is 73.8 cm³/mol. The minimum Gasteiger partial charge on any atom is -0.348 e. The quantitative estimate of drug-likeness (QED) is 0.453. The van der Waals surface area contributed by atoms with E-state index < -0.39 is 11.8 Å². The smallest absolute Gasteiger partial charge is 0.313 e. The average Bonchev–Trinajstić information content (AvgIpc) is 3.23. The first kappa shape index (κ1) is 13.5. The normalized spacial score (nSPS) is 13.9. The van der Waals surface area contributed by atoms with Crippen LogP contribution in [0.2, 0.25) is 0 Å². The zero-order chi connectivity index (χ0) is 13.5. The molecule has 1 aromatic rings. The molecule has 5 heteroatoms. The third-order valence-electron chi connectivity index (χ3n) is 2.96. The maximum absolute atomic E-state index is 11.6. The molecule has 1 aromatic carbocycles. The molecule has 0 radical (unpaired) electrons. The monoisotopic (exact) mass is 261 g/mol. The second kappa shape index (κ2) is 6.89. The number of unbranched alkanes of at least 4 members (excludes halogenated alkanes) is 1. The second-order valence-corrected chi connectivity index (χ2v) is 4.62. The number of hydrogen-bond acceptors (Lipinski definition) is 3. The van der Waals surface area contributed by atoms with Gasteiger partial charge in [0.05, 0.1) is 0 Å². The highest BCUT2D eigenvalue weighted by Crippen LogP contribution is 2.05. The lowest BCUT2D eigenvalue weighted by atomic mass is 10.3. The number of anilines is 1. The summed E-state index contributed by atoms with van der Waals surface area (Å²) in [7, 11) is 0. The van der Waals surface area contributed by atoms with E-state index >= 15 is 0 Å². The molecule has 0 saturated carbocycles. The van der Waals surface area contributed by atoms with Crippen LogP contribution in [0.5, 0.6) is 0 Å². The van der Waals surface area contributed by atoms with Gasteiger partial charge in [-0.1, -0.05) is 18.2 Å². The molecule has 19 heavy (non-hydrogen) atoms. The molecule has 0 aromatic heterocycles. The lowest BCUT2D eigenvalue weighted by Crippen LogP contribution is -2.36. The summed E-state index contributed by atoms with van der Waals surface area (Å²) in [4.78, 5) is 25.4. The third-order valence-corrected chi connectivity index (χ3v) is 2.96. The summed E-state index contributed by atoms with van der Waals surface area (Å²) >= 11 is 0. The van der Waals surface area contributed by atoms with E-state index in [0.29, 0.717) is 12.2 Å². The van der Waals surface area contributed by atoms with Gasteiger partial charge in [-0.15, -0.1) is 0 Å². The first-order chi connectivity index (χ1) is 9.25. The van der Waals surface area contributed by atoms with Crippen molar-refractivity contribution in [2.75, 3.05) is 31.5 Å². The van der Waals surface area contributed by atoms with E-state index in [1.807, 2.05) is 6.07 Å². The van der Waals surface area contributed by atoms with Crippen LogP contribution in [-0.4, -0.2) is 42.9 Å². The zero-order valence-corrected chi connectivity index (χ0v) is 10.9. The largest absolute Gasteiger partial charge is 0.348 e. The second-order valence-electron chi connectivity index (χ2n) is 4.62. The van der Waals surface area contributed by atoms with E-state index in [0.717, 1.165) is 19.4 Å². The first-order valence-corrected chi connectivity index (χ1v) is 6.62. The highest BCUT2D eigenvalue weighted by molar-refractivity contribution is 6.39. The Kier molecular flexibility index (Phi) is 4.92. The van der Waals surface area contributed by atoms with Gasteiger partial charge in [-0.05, 0) is 31.5 Å². The summed E-state index contributed by atoms with van der Waals surface area (Å²) in [6.45, 7) is 4.04. The van der Waals surface area contributed by atoms with Crippen molar-refractivity contribution < 1.29 is 9.59 Å². The Morgan fingerprint density at radius 2 is 1.79 bits per heavy atom. The number of nitrogens with zero attached hydrogens (tertiary/aromatic N) is 1. The van der Waals surface area contributed by atoms with Gasteiger partial charge in [0, 0.05) is 25.3 Å². The van der Waals surface area contributed by atoms with Crippen LogP contribution >= 0.6 is 0 Å². The fourth-order valence-corrected chi connectivity index (χ4v) is 1.75. The number of carbonyl (C=O) groups is 2. The molecule has 0 bridgehead atoms. The Morgan fingerprint density at radius 3 is 2.47 bits per heavy atom. The molecule has 102 valence electrons. The van der Waals surface area contributed by atoms with Crippen LogP contribution in [0.25, 0.3) is 0 Å². The molecule has 2 N–H and O–H groups in total. The highest BCUT2D eigenvalue weighted by atomic mass is 16.2. The van der Waals surface area contributed by atoms with Crippen molar-refractivity contribution in [2.45, 2.75) is 12.8 Å². The van der Waals surface area contributed by atoms with Crippen molar-refractivity contribution in [2.24, 2.45) is 0 Å². The topological polar surface area (TPSA) is 61.2 Å². The van der Waals surface area contributed by atoms with Gasteiger partial charge in [0.25, 0.3) is 0 Å². The van der Waals surface area contributed by atoms with Gasteiger partial charge in [-0.3, -0.25) is 9.59 Å². The van der Waals surface area contributed by atoms with Gasteiger partial charge >= 0.3 is 11.8 Å². The number of nitrogens with one attached hydrogen (secondary N) is 2. The van der Waals surface area contributed by atoms with Crippen molar-refractivity contribution in [1.29, 1.82) is 0 Å². The van der Waals surface area contributed by atoms with Gasteiger partial charge in [0.2, 0.25) is 0 Å². The fraction of sp³-hybridized carbons (Fsp3) is 0.429. The van der Waals surface area contributed by atoms with Crippen LogP contribution in [-0.2, 0) is 9.59 Å². The van der Waals surface area contributed by atoms with Crippen LogP contribution in [0.1, 0.15) is 12.8 Å². The molecule has 0 atom stereocenters. The minimum atomic E-state index is -0.614. The highest BCUT2D eigenvalue weighted by Gasteiger charge is 2.16. The van der Waals surface area contributed by atoms with Crippen molar-refractivity contribution in [3.63, 3.8) is 0 Å². The molecule has 2 rings (SSSR count). The molecule has 1 heterocycles. The average molecular weight is 261 g/mol. The van der Waals surface area contributed by atoms with Gasteiger partial charge in [-0.2, -0.15) is 0 Å². The van der Waals surface area contributed by atoms with Gasteiger partial charge < -0.3 is 15.5 Å². The lowest BCUT2D eigenvalue weighted by Gasteiger charge is -2.06. The first-order valence-electron chi connectivity index (χ1n) is 6.62. The number of para-hydroxylation sites is 1. The van der Waals surface area contributed by atoms with Crippen LogP contribution in [0.3, 0.4) is 0 Å². The summed E-state index contributed by atoms with van der Waals surface area (Å²) in [5.41, 5.74) is 0.629. The van der Waals surface area contributed by atoms with Crippen molar-refractivity contribution in [3.8, 4) is 0 Å². The number of hydrogen-bond donors (Lipinski definition) is 2. The van der Waals surface area contributed by atoms with E-state index in [1.54, 1.807) is 24.3 Å².